The largest absolute Gasteiger partial charge is 0.381 e. The molecular formula is C17H25ClN2O2. The van der Waals surface area contributed by atoms with Gasteiger partial charge in [0.1, 0.15) is 0 Å². The maximum Gasteiger partial charge on any atom is 0.237 e. The van der Waals surface area contributed by atoms with Crippen molar-refractivity contribution in [2.24, 2.45) is 5.92 Å². The van der Waals surface area contributed by atoms with Crippen LogP contribution >= 0.6 is 11.6 Å². The molecular weight excluding hydrogens is 300 g/mol. The molecule has 5 heteroatoms. The molecule has 2 N–H and O–H groups in total. The molecule has 2 saturated heterocycles. The molecule has 1 amide bonds. The third-order valence-corrected chi connectivity index (χ3v) is 5.47. The van der Waals surface area contributed by atoms with E-state index in [9.17, 15) is 4.79 Å². The summed E-state index contributed by atoms with van der Waals surface area (Å²) in [5, 5.41) is 7.37. The number of allylic oxidation sites excluding steroid dienone is 3. The summed E-state index contributed by atoms with van der Waals surface area (Å²) in [6.07, 6.45) is 8.95. The summed E-state index contributed by atoms with van der Waals surface area (Å²) in [7, 11) is 0. The highest BCUT2D eigenvalue weighted by molar-refractivity contribution is 6.31. The van der Waals surface area contributed by atoms with E-state index in [4.69, 9.17) is 16.3 Å². The van der Waals surface area contributed by atoms with E-state index in [1.54, 1.807) is 0 Å². The smallest absolute Gasteiger partial charge is 0.237 e. The highest BCUT2D eigenvalue weighted by Crippen LogP contribution is 2.46. The van der Waals surface area contributed by atoms with Crippen LogP contribution in [0.2, 0.25) is 0 Å². The number of amides is 1. The van der Waals surface area contributed by atoms with Gasteiger partial charge in [0.05, 0.1) is 6.04 Å². The van der Waals surface area contributed by atoms with Crippen molar-refractivity contribution < 1.29 is 9.53 Å². The molecule has 2 aliphatic heterocycles. The predicted octanol–water partition coefficient (Wildman–Crippen LogP) is 2.49. The fourth-order valence-corrected chi connectivity index (χ4v) is 3.74. The SMILES string of the molecule is C/C=C(Cl)\C=C1/CNC(C(=O)NC2(C3CCOCC3)CC2)C1. The maximum atomic E-state index is 12.6. The number of hydrogen-bond acceptors (Lipinski definition) is 3. The van der Waals surface area contributed by atoms with E-state index in [1.165, 1.54) is 5.57 Å². The molecule has 3 rings (SSSR count). The third kappa shape index (κ3) is 3.55. The van der Waals surface area contributed by atoms with Gasteiger partial charge >= 0.3 is 0 Å². The van der Waals surface area contributed by atoms with Crippen LogP contribution in [0.4, 0.5) is 0 Å². The number of nitrogens with one attached hydrogen (secondary N) is 2. The molecule has 0 aromatic heterocycles. The summed E-state index contributed by atoms with van der Waals surface area (Å²) >= 11 is 6.04. The Balaban J connectivity index is 1.55. The molecule has 22 heavy (non-hydrogen) atoms. The molecule has 0 bridgehead atoms. The lowest BCUT2D eigenvalue weighted by molar-refractivity contribution is -0.124. The molecule has 0 aromatic rings. The summed E-state index contributed by atoms with van der Waals surface area (Å²) in [5.41, 5.74) is 1.25. The minimum Gasteiger partial charge on any atom is -0.381 e. The summed E-state index contributed by atoms with van der Waals surface area (Å²) in [5.74, 6) is 0.725. The van der Waals surface area contributed by atoms with Gasteiger partial charge in [-0.2, -0.15) is 0 Å². The van der Waals surface area contributed by atoms with Gasteiger partial charge in [-0.1, -0.05) is 23.3 Å². The molecule has 1 saturated carbocycles. The van der Waals surface area contributed by atoms with Crippen LogP contribution in [0.5, 0.6) is 0 Å². The summed E-state index contributed by atoms with van der Waals surface area (Å²) in [6, 6.07) is -0.120. The van der Waals surface area contributed by atoms with Crippen molar-refractivity contribution in [1.29, 1.82) is 0 Å². The van der Waals surface area contributed by atoms with E-state index in [-0.39, 0.29) is 17.5 Å². The first kappa shape index (κ1) is 16.0. The zero-order valence-electron chi connectivity index (χ0n) is 13.2. The average Bonchev–Trinajstić information content (AvgIpc) is 3.17. The number of ether oxygens (including phenoxy) is 1. The maximum absolute atomic E-state index is 12.6. The lowest BCUT2D eigenvalue weighted by atomic mass is 9.89. The van der Waals surface area contributed by atoms with Crippen molar-refractivity contribution in [3.63, 3.8) is 0 Å². The molecule has 0 aromatic carbocycles. The van der Waals surface area contributed by atoms with Crippen LogP contribution in [-0.2, 0) is 9.53 Å². The van der Waals surface area contributed by atoms with Gasteiger partial charge in [-0.25, -0.2) is 0 Å². The lowest BCUT2D eigenvalue weighted by Gasteiger charge is -2.32. The van der Waals surface area contributed by atoms with Crippen LogP contribution in [0.25, 0.3) is 0 Å². The molecule has 1 unspecified atom stereocenters. The van der Waals surface area contributed by atoms with Gasteiger partial charge in [0, 0.05) is 30.3 Å². The summed E-state index contributed by atoms with van der Waals surface area (Å²) in [4.78, 5) is 12.6. The molecule has 3 aliphatic rings. The van der Waals surface area contributed by atoms with Crippen LogP contribution in [0, 0.1) is 5.92 Å². The van der Waals surface area contributed by atoms with Gasteiger partial charge in [0.25, 0.3) is 0 Å². The molecule has 0 spiro atoms. The van der Waals surface area contributed by atoms with Crippen molar-refractivity contribution in [3.8, 4) is 0 Å². The van der Waals surface area contributed by atoms with Crippen LogP contribution in [0.1, 0.15) is 39.0 Å². The van der Waals surface area contributed by atoms with Crippen LogP contribution in [0.3, 0.4) is 0 Å². The second-order valence-corrected chi connectivity index (χ2v) is 7.08. The van der Waals surface area contributed by atoms with Crippen molar-refractivity contribution in [3.05, 3.63) is 22.8 Å². The number of hydrogen-bond donors (Lipinski definition) is 2. The average molecular weight is 325 g/mol. The Bertz CT molecular complexity index is 491. The van der Waals surface area contributed by atoms with Crippen molar-refractivity contribution in [2.45, 2.75) is 50.6 Å². The van der Waals surface area contributed by atoms with Gasteiger partial charge in [-0.15, -0.1) is 0 Å². The Morgan fingerprint density at radius 1 is 1.41 bits per heavy atom. The van der Waals surface area contributed by atoms with Gasteiger partial charge in [-0.05, 0) is 51.0 Å². The first-order valence-electron chi connectivity index (χ1n) is 8.27. The van der Waals surface area contributed by atoms with E-state index >= 15 is 0 Å². The minimum absolute atomic E-state index is 0.0516. The summed E-state index contributed by atoms with van der Waals surface area (Å²) < 4.78 is 5.44. The Morgan fingerprint density at radius 3 is 2.77 bits per heavy atom. The Labute approximate surface area is 137 Å². The zero-order valence-corrected chi connectivity index (χ0v) is 13.9. The van der Waals surface area contributed by atoms with Crippen molar-refractivity contribution >= 4 is 17.5 Å². The number of carbonyl (C=O) groups excluding carboxylic acids is 1. The minimum atomic E-state index is -0.120. The quantitative estimate of drug-likeness (QED) is 0.835. The fourth-order valence-electron chi connectivity index (χ4n) is 3.59. The molecule has 122 valence electrons. The van der Waals surface area contributed by atoms with E-state index in [0.717, 1.165) is 56.9 Å². The number of rotatable bonds is 4. The topological polar surface area (TPSA) is 50.4 Å². The van der Waals surface area contributed by atoms with Gasteiger partial charge < -0.3 is 15.4 Å². The van der Waals surface area contributed by atoms with E-state index in [0.29, 0.717) is 5.92 Å². The van der Waals surface area contributed by atoms with Crippen LogP contribution in [-0.4, -0.2) is 37.2 Å². The molecule has 1 aliphatic carbocycles. The summed E-state index contributed by atoms with van der Waals surface area (Å²) in [6.45, 7) is 4.32. The van der Waals surface area contributed by atoms with Crippen molar-refractivity contribution in [2.75, 3.05) is 19.8 Å². The van der Waals surface area contributed by atoms with Gasteiger partial charge in [-0.3, -0.25) is 4.79 Å². The van der Waals surface area contributed by atoms with E-state index < -0.39 is 0 Å². The molecule has 1 atom stereocenters. The zero-order chi connectivity index (χ0) is 15.6. The molecule has 0 radical (unpaired) electrons. The number of carbonyl (C=O) groups is 1. The van der Waals surface area contributed by atoms with Gasteiger partial charge in [0.2, 0.25) is 5.91 Å². The molecule has 2 heterocycles. The molecule has 3 fully saturated rings. The first-order valence-corrected chi connectivity index (χ1v) is 8.65. The Kier molecular flexibility index (Phi) is 4.91. The highest BCUT2D eigenvalue weighted by atomic mass is 35.5. The van der Waals surface area contributed by atoms with Crippen LogP contribution < -0.4 is 10.6 Å². The predicted molar refractivity (Wildman–Crippen MR) is 87.8 cm³/mol. The fraction of sp³-hybridized carbons (Fsp3) is 0.706. The Hall–Kier alpha value is -0.840. The standard InChI is InChI=1S/C17H25ClN2O2/c1-2-14(18)9-12-10-15(19-11-12)16(21)20-17(5-6-17)13-3-7-22-8-4-13/h2,9,13,15,19H,3-8,10-11H2,1H3,(H,20,21)/b12-9-,14-2+. The Morgan fingerprint density at radius 2 is 2.14 bits per heavy atom. The second kappa shape index (κ2) is 6.73. The molecule has 4 nitrogen and oxygen atoms in total. The monoisotopic (exact) mass is 324 g/mol. The third-order valence-electron chi connectivity index (χ3n) is 5.14. The normalized spacial score (nSPS) is 30.5. The lowest BCUT2D eigenvalue weighted by Crippen LogP contribution is -2.50. The van der Waals surface area contributed by atoms with Crippen LogP contribution in [0.15, 0.2) is 22.8 Å². The number of halogens is 1. The van der Waals surface area contributed by atoms with E-state index in [1.807, 2.05) is 19.1 Å². The first-order chi connectivity index (χ1) is 10.6. The van der Waals surface area contributed by atoms with E-state index in [2.05, 4.69) is 10.6 Å². The second-order valence-electron chi connectivity index (χ2n) is 6.65. The van der Waals surface area contributed by atoms with Crippen molar-refractivity contribution in [1.82, 2.24) is 10.6 Å². The van der Waals surface area contributed by atoms with Gasteiger partial charge in [0.15, 0.2) is 0 Å². The highest BCUT2D eigenvalue weighted by Gasteiger charge is 2.51.